The third kappa shape index (κ3) is 3.00. The van der Waals surface area contributed by atoms with Gasteiger partial charge in [-0.3, -0.25) is 10.1 Å². The first-order valence-electron chi connectivity index (χ1n) is 6.38. The van der Waals surface area contributed by atoms with E-state index >= 15 is 0 Å². The summed E-state index contributed by atoms with van der Waals surface area (Å²) in [4.78, 5) is 23.2. The Labute approximate surface area is 124 Å². The molecule has 1 aliphatic heterocycles. The van der Waals surface area contributed by atoms with Crippen molar-refractivity contribution >= 4 is 34.1 Å². The molecule has 3 amide bonds. The van der Waals surface area contributed by atoms with E-state index in [4.69, 9.17) is 0 Å². The van der Waals surface area contributed by atoms with Crippen LogP contribution in [0.3, 0.4) is 0 Å². The number of urea groups is 1. The average Bonchev–Trinajstić information content (AvgIpc) is 3.05. The molecule has 0 saturated carbocycles. The molecule has 2 aromatic rings. The zero-order valence-electron chi connectivity index (χ0n) is 11.2. The quantitative estimate of drug-likeness (QED) is 0.807. The highest BCUT2D eigenvalue weighted by molar-refractivity contribution is 7.13. The Morgan fingerprint density at radius 3 is 3.10 bits per heavy atom. The molecule has 0 unspecified atom stereocenters. The van der Waals surface area contributed by atoms with Gasteiger partial charge in [-0.1, -0.05) is 23.5 Å². The van der Waals surface area contributed by atoms with Crippen LogP contribution in [0.15, 0.2) is 23.7 Å². The molecule has 2 heterocycles. The lowest BCUT2D eigenvalue weighted by Gasteiger charge is -2.15. The Balaban J connectivity index is 1.65. The van der Waals surface area contributed by atoms with Crippen LogP contribution in [0.4, 0.5) is 15.6 Å². The van der Waals surface area contributed by atoms with Gasteiger partial charge in [-0.15, -0.1) is 10.2 Å². The first-order chi connectivity index (χ1) is 10.1. The lowest BCUT2D eigenvalue weighted by Crippen LogP contribution is -2.31. The van der Waals surface area contributed by atoms with Crippen LogP contribution >= 0.6 is 11.3 Å². The fraction of sp³-hybridized carbons (Fsp3) is 0.231. The topological polar surface area (TPSA) is 96.0 Å². The van der Waals surface area contributed by atoms with E-state index < -0.39 is 0 Å². The molecule has 3 rings (SSSR count). The van der Waals surface area contributed by atoms with Crippen molar-refractivity contribution in [2.24, 2.45) is 0 Å². The third-order valence-corrected chi connectivity index (χ3v) is 3.79. The van der Waals surface area contributed by atoms with E-state index in [1.165, 1.54) is 11.3 Å². The third-order valence-electron chi connectivity index (χ3n) is 3.18. The largest absolute Gasteiger partial charge is 0.331 e. The van der Waals surface area contributed by atoms with E-state index in [9.17, 15) is 9.59 Å². The van der Waals surface area contributed by atoms with Crippen molar-refractivity contribution in [3.63, 3.8) is 0 Å². The number of aromatic nitrogens is 2. The second kappa shape index (κ2) is 5.49. The number of fused-ring (bicyclic) bond motifs is 1. The highest BCUT2D eigenvalue weighted by Gasteiger charge is 2.19. The first kappa shape index (κ1) is 13.5. The summed E-state index contributed by atoms with van der Waals surface area (Å²) in [5, 5.41) is 16.0. The van der Waals surface area contributed by atoms with Crippen molar-refractivity contribution in [1.82, 2.24) is 15.5 Å². The Bertz CT molecular complexity index is 686. The Morgan fingerprint density at radius 1 is 1.48 bits per heavy atom. The zero-order chi connectivity index (χ0) is 14.8. The molecule has 1 aliphatic rings. The molecule has 0 aliphatic carbocycles. The molecule has 108 valence electrons. The summed E-state index contributed by atoms with van der Waals surface area (Å²) in [7, 11) is 0. The molecule has 1 aromatic heterocycles. The predicted molar refractivity (Wildman–Crippen MR) is 79.3 cm³/mol. The summed E-state index contributed by atoms with van der Waals surface area (Å²) in [5.74, 6) is -0.00299. The molecule has 0 fully saturated rings. The summed E-state index contributed by atoms with van der Waals surface area (Å²) in [6.07, 6.45) is 0.382. The van der Waals surface area contributed by atoms with Crippen LogP contribution in [0.1, 0.15) is 24.1 Å². The number of carbonyl (C=O) groups is 2. The van der Waals surface area contributed by atoms with Gasteiger partial charge in [-0.2, -0.15) is 0 Å². The number of amides is 3. The van der Waals surface area contributed by atoms with Crippen molar-refractivity contribution in [2.75, 3.05) is 10.6 Å². The molecule has 0 spiro atoms. The van der Waals surface area contributed by atoms with Crippen molar-refractivity contribution in [1.29, 1.82) is 0 Å². The minimum atomic E-state index is -0.339. The molecule has 21 heavy (non-hydrogen) atoms. The number of anilines is 2. The van der Waals surface area contributed by atoms with Crippen LogP contribution in [-0.4, -0.2) is 22.1 Å². The number of hydrogen-bond acceptors (Lipinski definition) is 5. The van der Waals surface area contributed by atoms with Crippen LogP contribution in [0.5, 0.6) is 0 Å². The number of hydrogen-bond donors (Lipinski definition) is 3. The van der Waals surface area contributed by atoms with Gasteiger partial charge >= 0.3 is 6.03 Å². The van der Waals surface area contributed by atoms with E-state index in [1.807, 2.05) is 25.1 Å². The first-order valence-corrected chi connectivity index (χ1v) is 7.26. The summed E-state index contributed by atoms with van der Waals surface area (Å²) < 4.78 is 0. The summed E-state index contributed by atoms with van der Waals surface area (Å²) in [5.41, 5.74) is 4.28. The molecule has 0 bridgehead atoms. The van der Waals surface area contributed by atoms with Gasteiger partial charge in [0.1, 0.15) is 5.51 Å². The van der Waals surface area contributed by atoms with Crippen LogP contribution in [0.2, 0.25) is 0 Å². The maximum atomic E-state index is 11.8. The Kier molecular flexibility index (Phi) is 3.53. The van der Waals surface area contributed by atoms with E-state index in [1.54, 1.807) is 5.51 Å². The van der Waals surface area contributed by atoms with Gasteiger partial charge in [-0.25, -0.2) is 4.79 Å². The minimum absolute atomic E-state index is 0.00299. The van der Waals surface area contributed by atoms with Gasteiger partial charge in [0, 0.05) is 5.69 Å². The Morgan fingerprint density at radius 2 is 2.33 bits per heavy atom. The molecule has 0 saturated heterocycles. The standard InChI is InChI=1S/C13H13N5O2S/c1-7(15-12(20)17-13-18-14-6-21-13)8-2-3-10-9(4-8)5-11(19)16-10/h2-4,6-7H,5H2,1H3,(H,16,19)(H2,15,17,18,20)/t7-/m0/s1. The zero-order valence-corrected chi connectivity index (χ0v) is 12.0. The number of nitrogens with zero attached hydrogens (tertiary/aromatic N) is 2. The van der Waals surface area contributed by atoms with Crippen molar-refractivity contribution in [3.8, 4) is 0 Å². The van der Waals surface area contributed by atoms with Crippen LogP contribution < -0.4 is 16.0 Å². The van der Waals surface area contributed by atoms with Crippen LogP contribution in [0, 0.1) is 0 Å². The fourth-order valence-electron chi connectivity index (χ4n) is 2.16. The van der Waals surface area contributed by atoms with Crippen LogP contribution in [-0.2, 0) is 11.2 Å². The molecule has 0 radical (unpaired) electrons. The van der Waals surface area contributed by atoms with Crippen molar-refractivity contribution < 1.29 is 9.59 Å². The molecule has 1 atom stereocenters. The summed E-state index contributed by atoms with van der Waals surface area (Å²) in [6.45, 7) is 1.88. The molecule has 3 N–H and O–H groups in total. The number of rotatable bonds is 3. The van der Waals surface area contributed by atoms with Crippen molar-refractivity contribution in [2.45, 2.75) is 19.4 Å². The number of nitrogens with one attached hydrogen (secondary N) is 3. The lowest BCUT2D eigenvalue weighted by atomic mass is 10.0. The second-order valence-electron chi connectivity index (χ2n) is 4.71. The van der Waals surface area contributed by atoms with Gasteiger partial charge in [0.15, 0.2) is 0 Å². The van der Waals surface area contributed by atoms with Gasteiger partial charge in [-0.05, 0) is 24.1 Å². The van der Waals surface area contributed by atoms with Crippen molar-refractivity contribution in [3.05, 3.63) is 34.8 Å². The monoisotopic (exact) mass is 303 g/mol. The number of carbonyl (C=O) groups excluding carboxylic acids is 2. The van der Waals surface area contributed by atoms with E-state index in [-0.39, 0.29) is 18.0 Å². The maximum absolute atomic E-state index is 11.8. The van der Waals surface area contributed by atoms with Gasteiger partial charge in [0.25, 0.3) is 0 Å². The normalized spacial score (nSPS) is 14.2. The fourth-order valence-corrected chi connectivity index (χ4v) is 2.60. The van der Waals surface area contributed by atoms with E-state index in [2.05, 4.69) is 26.1 Å². The summed E-state index contributed by atoms with van der Waals surface area (Å²) >= 11 is 1.25. The van der Waals surface area contributed by atoms with Gasteiger partial charge in [0.2, 0.25) is 11.0 Å². The minimum Gasteiger partial charge on any atom is -0.331 e. The smallest absolute Gasteiger partial charge is 0.321 e. The average molecular weight is 303 g/mol. The van der Waals surface area contributed by atoms with E-state index in [0.717, 1.165) is 16.8 Å². The second-order valence-corrected chi connectivity index (χ2v) is 5.54. The summed E-state index contributed by atoms with van der Waals surface area (Å²) in [6, 6.07) is 5.16. The SMILES string of the molecule is C[C@H](NC(=O)Nc1nncs1)c1ccc2c(c1)CC(=O)N2. The van der Waals surface area contributed by atoms with E-state index in [0.29, 0.717) is 11.6 Å². The molecular weight excluding hydrogens is 290 g/mol. The number of benzene rings is 1. The highest BCUT2D eigenvalue weighted by Crippen LogP contribution is 2.26. The molecule has 1 aromatic carbocycles. The predicted octanol–water partition coefficient (Wildman–Crippen LogP) is 1.92. The molecule has 7 nitrogen and oxygen atoms in total. The highest BCUT2D eigenvalue weighted by atomic mass is 32.1. The molecule has 8 heteroatoms. The maximum Gasteiger partial charge on any atom is 0.321 e. The Hall–Kier alpha value is -2.48. The lowest BCUT2D eigenvalue weighted by molar-refractivity contribution is -0.115. The van der Waals surface area contributed by atoms with Gasteiger partial charge in [0.05, 0.1) is 12.5 Å². The van der Waals surface area contributed by atoms with Crippen LogP contribution in [0.25, 0.3) is 0 Å². The van der Waals surface area contributed by atoms with Gasteiger partial charge < -0.3 is 10.6 Å². The molecular formula is C13H13N5O2S.